The highest BCUT2D eigenvalue weighted by Gasteiger charge is 2.49. The lowest BCUT2D eigenvalue weighted by Gasteiger charge is -2.18. The van der Waals surface area contributed by atoms with Crippen LogP contribution in [0.5, 0.6) is 0 Å². The zero-order chi connectivity index (χ0) is 8.60. The predicted octanol–water partition coefficient (Wildman–Crippen LogP) is 1.26. The number of carbonyl (C=O) groups excluding carboxylic acids is 1. The molecule has 2 unspecified atom stereocenters. The van der Waals surface area contributed by atoms with E-state index in [1.807, 2.05) is 6.92 Å². The van der Waals surface area contributed by atoms with Crippen LogP contribution in [-0.4, -0.2) is 24.3 Å². The van der Waals surface area contributed by atoms with Crippen LogP contribution in [0.15, 0.2) is 0 Å². The summed E-state index contributed by atoms with van der Waals surface area (Å²) in [5.74, 6) is -0.0609. The maximum atomic E-state index is 11.1. The van der Waals surface area contributed by atoms with Gasteiger partial charge >= 0.3 is 5.97 Å². The van der Waals surface area contributed by atoms with E-state index in [0.29, 0.717) is 6.42 Å². The first-order chi connectivity index (χ1) is 5.71. The molecule has 12 heavy (non-hydrogen) atoms. The summed E-state index contributed by atoms with van der Waals surface area (Å²) >= 11 is 0. The highest BCUT2D eigenvalue weighted by molar-refractivity contribution is 5.69. The molecule has 2 aliphatic heterocycles. The van der Waals surface area contributed by atoms with Crippen LogP contribution >= 0.6 is 0 Å². The van der Waals surface area contributed by atoms with Crippen molar-refractivity contribution in [1.29, 1.82) is 0 Å². The van der Waals surface area contributed by atoms with E-state index in [2.05, 4.69) is 0 Å². The maximum Gasteiger partial charge on any atom is 0.306 e. The monoisotopic (exact) mass is 170 g/mol. The second-order valence-electron chi connectivity index (χ2n) is 3.83. The first-order valence-corrected chi connectivity index (χ1v) is 4.54. The molecule has 0 saturated carbocycles. The molecule has 2 saturated heterocycles. The number of ether oxygens (including phenoxy) is 2. The molecule has 0 spiro atoms. The minimum absolute atomic E-state index is 0.00694. The molecule has 0 amide bonds. The molecule has 0 aromatic carbocycles. The second kappa shape index (κ2) is 2.73. The van der Waals surface area contributed by atoms with Gasteiger partial charge in [0.15, 0.2) is 0 Å². The van der Waals surface area contributed by atoms with Crippen molar-refractivity contribution in [2.24, 2.45) is 0 Å². The molecular formula is C9H14O3. The summed E-state index contributed by atoms with van der Waals surface area (Å²) < 4.78 is 10.5. The Hall–Kier alpha value is -0.570. The molecule has 3 nitrogen and oxygen atoms in total. The lowest BCUT2D eigenvalue weighted by atomic mass is 10.0. The largest absolute Gasteiger partial charge is 0.459 e. The Balaban J connectivity index is 1.99. The Labute approximate surface area is 72.0 Å². The topological polar surface area (TPSA) is 38.8 Å². The Morgan fingerprint density at radius 2 is 2.25 bits per heavy atom. The lowest BCUT2D eigenvalue weighted by Crippen LogP contribution is -2.30. The molecule has 3 heteroatoms. The third-order valence-corrected chi connectivity index (χ3v) is 2.65. The van der Waals surface area contributed by atoms with Gasteiger partial charge in [0.25, 0.3) is 0 Å². The Kier molecular flexibility index (Phi) is 1.83. The van der Waals surface area contributed by atoms with Gasteiger partial charge in [-0.05, 0) is 26.2 Å². The van der Waals surface area contributed by atoms with Gasteiger partial charge in [0.1, 0.15) is 11.7 Å². The van der Waals surface area contributed by atoms with E-state index >= 15 is 0 Å². The molecule has 2 fully saturated rings. The molecular weight excluding hydrogens is 156 g/mol. The summed E-state index contributed by atoms with van der Waals surface area (Å²) in [6.45, 7) is 2.75. The smallest absolute Gasteiger partial charge is 0.306 e. The Morgan fingerprint density at radius 1 is 1.50 bits per heavy atom. The minimum atomic E-state index is -0.153. The highest BCUT2D eigenvalue weighted by atomic mass is 16.6. The van der Waals surface area contributed by atoms with Crippen molar-refractivity contribution >= 4 is 5.97 Å². The Morgan fingerprint density at radius 3 is 2.92 bits per heavy atom. The van der Waals surface area contributed by atoms with Gasteiger partial charge in [0.05, 0.1) is 6.61 Å². The molecule has 68 valence electrons. The first kappa shape index (κ1) is 8.05. The van der Waals surface area contributed by atoms with E-state index in [4.69, 9.17) is 9.47 Å². The zero-order valence-corrected chi connectivity index (χ0v) is 7.34. The highest BCUT2D eigenvalue weighted by Crippen LogP contribution is 2.36. The summed E-state index contributed by atoms with van der Waals surface area (Å²) in [7, 11) is 0. The molecule has 0 radical (unpaired) electrons. The van der Waals surface area contributed by atoms with Gasteiger partial charge < -0.3 is 9.47 Å². The third kappa shape index (κ3) is 1.46. The van der Waals surface area contributed by atoms with Gasteiger partial charge in [-0.2, -0.15) is 0 Å². The number of epoxide rings is 1. The van der Waals surface area contributed by atoms with E-state index in [0.717, 1.165) is 25.9 Å². The van der Waals surface area contributed by atoms with Gasteiger partial charge in [-0.25, -0.2) is 0 Å². The van der Waals surface area contributed by atoms with Crippen LogP contribution in [0.1, 0.15) is 32.6 Å². The quantitative estimate of drug-likeness (QED) is 0.439. The molecule has 2 aliphatic rings. The van der Waals surface area contributed by atoms with Crippen molar-refractivity contribution in [3.05, 3.63) is 0 Å². The summed E-state index contributed by atoms with van der Waals surface area (Å²) in [6, 6.07) is 0. The molecule has 0 aromatic rings. The summed E-state index contributed by atoms with van der Waals surface area (Å²) in [4.78, 5) is 11.1. The Bertz CT molecular complexity index is 196. The number of hydrogen-bond acceptors (Lipinski definition) is 3. The summed E-state index contributed by atoms with van der Waals surface area (Å²) in [6.07, 6.45) is 3.59. The van der Waals surface area contributed by atoms with Crippen molar-refractivity contribution in [2.45, 2.75) is 44.3 Å². The van der Waals surface area contributed by atoms with Crippen molar-refractivity contribution in [3.8, 4) is 0 Å². The van der Waals surface area contributed by atoms with Crippen LogP contribution in [-0.2, 0) is 14.3 Å². The number of hydrogen-bond donors (Lipinski definition) is 0. The van der Waals surface area contributed by atoms with E-state index in [9.17, 15) is 4.79 Å². The van der Waals surface area contributed by atoms with Gasteiger partial charge in [-0.3, -0.25) is 4.79 Å². The molecule has 0 N–H and O–H groups in total. The standard InChI is InChI=1S/C9H14O3/c1-9(6-11-9)7-4-2-3-5-8(10)12-7/h7H,2-6H2,1H3. The lowest BCUT2D eigenvalue weighted by molar-refractivity contribution is -0.151. The van der Waals surface area contributed by atoms with Crippen LogP contribution in [0.2, 0.25) is 0 Å². The van der Waals surface area contributed by atoms with E-state index in [-0.39, 0.29) is 17.7 Å². The molecule has 0 aliphatic carbocycles. The van der Waals surface area contributed by atoms with Gasteiger partial charge in [0.2, 0.25) is 0 Å². The third-order valence-electron chi connectivity index (χ3n) is 2.65. The summed E-state index contributed by atoms with van der Waals surface area (Å²) in [5, 5.41) is 0. The zero-order valence-electron chi connectivity index (χ0n) is 7.34. The number of carbonyl (C=O) groups is 1. The molecule has 2 rings (SSSR count). The summed E-state index contributed by atoms with van der Waals surface area (Å²) in [5.41, 5.74) is -0.153. The molecule has 2 atom stereocenters. The van der Waals surface area contributed by atoms with Crippen LogP contribution in [0, 0.1) is 0 Å². The average Bonchev–Trinajstić information content (AvgIpc) is 2.77. The van der Waals surface area contributed by atoms with E-state index in [1.165, 1.54) is 0 Å². The number of esters is 1. The fourth-order valence-corrected chi connectivity index (χ4v) is 1.61. The van der Waals surface area contributed by atoms with Crippen LogP contribution in [0.25, 0.3) is 0 Å². The molecule has 0 aromatic heterocycles. The number of cyclic esters (lactones) is 1. The van der Waals surface area contributed by atoms with Crippen molar-refractivity contribution in [3.63, 3.8) is 0 Å². The first-order valence-electron chi connectivity index (χ1n) is 4.54. The molecule has 0 bridgehead atoms. The van der Waals surface area contributed by atoms with Gasteiger partial charge in [-0.15, -0.1) is 0 Å². The molecule has 2 heterocycles. The fraction of sp³-hybridized carbons (Fsp3) is 0.889. The number of rotatable bonds is 1. The van der Waals surface area contributed by atoms with Crippen LogP contribution in [0.3, 0.4) is 0 Å². The minimum Gasteiger partial charge on any atom is -0.459 e. The average molecular weight is 170 g/mol. The fourth-order valence-electron chi connectivity index (χ4n) is 1.61. The SMILES string of the molecule is CC1(C2CCCCC(=O)O2)CO1. The van der Waals surface area contributed by atoms with Crippen molar-refractivity contribution < 1.29 is 14.3 Å². The van der Waals surface area contributed by atoms with Crippen LogP contribution < -0.4 is 0 Å². The van der Waals surface area contributed by atoms with Crippen molar-refractivity contribution in [1.82, 2.24) is 0 Å². The van der Waals surface area contributed by atoms with E-state index < -0.39 is 0 Å². The maximum absolute atomic E-state index is 11.1. The van der Waals surface area contributed by atoms with Crippen LogP contribution in [0.4, 0.5) is 0 Å². The van der Waals surface area contributed by atoms with Gasteiger partial charge in [0, 0.05) is 6.42 Å². The van der Waals surface area contributed by atoms with Gasteiger partial charge in [-0.1, -0.05) is 0 Å². The normalized spacial score (nSPS) is 41.8. The second-order valence-corrected chi connectivity index (χ2v) is 3.83. The van der Waals surface area contributed by atoms with Crippen molar-refractivity contribution in [2.75, 3.05) is 6.61 Å². The van der Waals surface area contributed by atoms with E-state index in [1.54, 1.807) is 0 Å². The predicted molar refractivity (Wildman–Crippen MR) is 42.7 cm³/mol.